The van der Waals surface area contributed by atoms with Crippen molar-refractivity contribution in [2.24, 2.45) is 0 Å². The summed E-state index contributed by atoms with van der Waals surface area (Å²) < 4.78 is 5.91. The Morgan fingerprint density at radius 3 is 2.57 bits per heavy atom. The van der Waals surface area contributed by atoms with Gasteiger partial charge in [-0.15, -0.1) is 0 Å². The topological polar surface area (TPSA) is 63.4 Å². The molecule has 1 aliphatic heterocycles. The number of ether oxygens (including phenoxy) is 1. The van der Waals surface area contributed by atoms with Crippen LogP contribution in [0.25, 0.3) is 4.85 Å². The molecular formula is C21H24N2O4S. The second-order valence-corrected chi connectivity index (χ2v) is 7.03. The highest BCUT2D eigenvalue weighted by molar-refractivity contribution is 7.59. The van der Waals surface area contributed by atoms with E-state index < -0.39 is 17.7 Å². The Morgan fingerprint density at radius 2 is 1.96 bits per heavy atom. The molecule has 0 saturated heterocycles. The average Bonchev–Trinajstić information content (AvgIpc) is 2.64. The first-order valence-corrected chi connectivity index (χ1v) is 8.68. The summed E-state index contributed by atoms with van der Waals surface area (Å²) in [6, 6.07) is 13.7. The lowest BCUT2D eigenvalue weighted by Crippen LogP contribution is -2.54. The van der Waals surface area contributed by atoms with E-state index >= 15 is 0 Å². The number of benzene rings is 2. The second kappa shape index (κ2) is 8.65. The van der Waals surface area contributed by atoms with Crippen molar-refractivity contribution in [1.82, 2.24) is 5.06 Å². The highest BCUT2D eigenvalue weighted by atomic mass is 32.1. The van der Waals surface area contributed by atoms with Gasteiger partial charge in [-0.05, 0) is 31.5 Å². The fourth-order valence-corrected chi connectivity index (χ4v) is 3.16. The van der Waals surface area contributed by atoms with Crippen LogP contribution in [0.3, 0.4) is 0 Å². The highest BCUT2D eigenvalue weighted by Crippen LogP contribution is 2.44. The predicted octanol–water partition coefficient (Wildman–Crippen LogP) is 3.90. The number of hydrogen-bond acceptors (Lipinski definition) is 4. The maximum Gasteiger partial charge on any atom is 0.243 e. The highest BCUT2D eigenvalue weighted by Gasteiger charge is 2.47. The number of carbonyl (C=O) groups is 1. The summed E-state index contributed by atoms with van der Waals surface area (Å²) in [4.78, 5) is 21.6. The molecule has 1 N–H and O–H groups in total. The van der Waals surface area contributed by atoms with Gasteiger partial charge in [-0.1, -0.05) is 36.4 Å². The molecule has 7 heteroatoms. The minimum absolute atomic E-state index is 0. The van der Waals surface area contributed by atoms with E-state index in [4.69, 9.17) is 16.1 Å². The fraction of sp³-hybridized carbons (Fsp3) is 0.333. The molecule has 6 nitrogen and oxygen atoms in total. The van der Waals surface area contributed by atoms with E-state index in [1.54, 1.807) is 32.0 Å². The first kappa shape index (κ1) is 21.8. The first-order valence-electron chi connectivity index (χ1n) is 8.68. The van der Waals surface area contributed by atoms with Gasteiger partial charge in [0.15, 0.2) is 5.69 Å². The summed E-state index contributed by atoms with van der Waals surface area (Å²) in [6.45, 7) is 12.3. The zero-order valence-corrected chi connectivity index (χ0v) is 17.0. The predicted molar refractivity (Wildman–Crippen MR) is 110 cm³/mol. The van der Waals surface area contributed by atoms with Gasteiger partial charge >= 0.3 is 0 Å². The van der Waals surface area contributed by atoms with Gasteiger partial charge in [0.25, 0.3) is 0 Å². The van der Waals surface area contributed by atoms with Crippen molar-refractivity contribution in [3.8, 4) is 5.75 Å². The molecule has 0 saturated carbocycles. The molecule has 28 heavy (non-hydrogen) atoms. The van der Waals surface area contributed by atoms with Crippen LogP contribution < -0.4 is 4.74 Å². The molecule has 0 radical (unpaired) electrons. The van der Waals surface area contributed by atoms with E-state index in [1.807, 2.05) is 30.3 Å². The number of carbonyl (C=O) groups excluding carboxylic acids is 1. The molecule has 1 amide bonds. The molecule has 2 aromatic rings. The normalized spacial score (nSPS) is 19.4. The Labute approximate surface area is 171 Å². The number of nitrogens with zero attached hydrogens (tertiary/aromatic N) is 2. The summed E-state index contributed by atoms with van der Waals surface area (Å²) in [7, 11) is 0. The van der Waals surface area contributed by atoms with E-state index in [1.165, 1.54) is 12.0 Å². The summed E-state index contributed by atoms with van der Waals surface area (Å²) in [6.07, 6.45) is -1.04. The lowest BCUT2D eigenvalue weighted by atomic mass is 9.86. The molecule has 0 bridgehead atoms. The van der Waals surface area contributed by atoms with Gasteiger partial charge in [0, 0.05) is 12.5 Å². The largest absolute Gasteiger partial charge is 0.485 e. The van der Waals surface area contributed by atoms with Crippen LogP contribution in [-0.2, 0) is 16.2 Å². The molecule has 3 rings (SSSR count). The van der Waals surface area contributed by atoms with Gasteiger partial charge in [-0.3, -0.25) is 9.63 Å². The summed E-state index contributed by atoms with van der Waals surface area (Å²) >= 11 is 0. The van der Waals surface area contributed by atoms with E-state index in [2.05, 4.69) is 4.85 Å². The van der Waals surface area contributed by atoms with Crippen molar-refractivity contribution in [3.63, 3.8) is 0 Å². The molecule has 1 unspecified atom stereocenters. The Kier molecular flexibility index (Phi) is 6.73. The Morgan fingerprint density at radius 1 is 1.29 bits per heavy atom. The molecule has 1 aliphatic rings. The third-order valence-corrected chi connectivity index (χ3v) is 4.60. The molecule has 0 fully saturated rings. The van der Waals surface area contributed by atoms with Crippen molar-refractivity contribution >= 4 is 25.1 Å². The third-order valence-electron chi connectivity index (χ3n) is 4.60. The second-order valence-electron chi connectivity index (χ2n) is 7.03. The van der Waals surface area contributed by atoms with E-state index in [9.17, 15) is 9.90 Å². The SMILES string of the molecule is S.[C-]#[N+]c1ccc2c(c1)C(N(OCc1ccccc1)C(C)=O)[C@H](O)C(C)(C)O2. The van der Waals surface area contributed by atoms with Gasteiger partial charge < -0.3 is 9.84 Å². The van der Waals surface area contributed by atoms with Crippen LogP contribution in [0.2, 0.25) is 0 Å². The maximum absolute atomic E-state index is 12.4. The standard InChI is InChI=1S/C21H22N2O4.H2S/c1-14(24)23(26-13-15-8-6-5-7-9-15)19-17-12-16(22-4)10-11-18(17)27-21(2,3)20(19)25;/h5-12,19-20,25H,13H2,1-3H3;1H2/t19?,20-;/m0./s1. The van der Waals surface area contributed by atoms with Gasteiger partial charge in [-0.2, -0.15) is 13.5 Å². The smallest absolute Gasteiger partial charge is 0.243 e. The molecule has 0 aliphatic carbocycles. The van der Waals surface area contributed by atoms with Crippen molar-refractivity contribution < 1.29 is 19.5 Å². The summed E-state index contributed by atoms with van der Waals surface area (Å²) in [5, 5.41) is 12.1. The van der Waals surface area contributed by atoms with Crippen LogP contribution in [0.4, 0.5) is 5.69 Å². The molecule has 148 valence electrons. The van der Waals surface area contributed by atoms with Crippen LogP contribution in [-0.4, -0.2) is 27.8 Å². The number of amides is 1. The molecule has 2 atom stereocenters. The molecule has 2 aromatic carbocycles. The molecule has 0 spiro atoms. The maximum atomic E-state index is 12.4. The van der Waals surface area contributed by atoms with Crippen LogP contribution in [0.1, 0.15) is 37.9 Å². The van der Waals surface area contributed by atoms with Crippen LogP contribution in [0, 0.1) is 6.57 Å². The molecule has 1 heterocycles. The summed E-state index contributed by atoms with van der Waals surface area (Å²) in [5.41, 5.74) is 0.931. The zero-order chi connectivity index (χ0) is 19.6. The number of aliphatic hydroxyl groups excluding tert-OH is 1. The number of hydroxylamine groups is 2. The van der Waals surface area contributed by atoms with Gasteiger partial charge in [0.1, 0.15) is 30.1 Å². The van der Waals surface area contributed by atoms with Gasteiger partial charge in [0.05, 0.1) is 6.57 Å². The lowest BCUT2D eigenvalue weighted by molar-refractivity contribution is -0.232. The fourth-order valence-electron chi connectivity index (χ4n) is 3.16. The minimum Gasteiger partial charge on any atom is -0.485 e. The van der Waals surface area contributed by atoms with Crippen molar-refractivity contribution in [1.29, 1.82) is 0 Å². The zero-order valence-electron chi connectivity index (χ0n) is 16.0. The van der Waals surface area contributed by atoms with Gasteiger partial charge in [-0.25, -0.2) is 9.91 Å². The van der Waals surface area contributed by atoms with Crippen LogP contribution in [0.5, 0.6) is 5.75 Å². The Bertz CT molecular complexity index is 880. The molecule has 0 aromatic heterocycles. The summed E-state index contributed by atoms with van der Waals surface area (Å²) in [5.74, 6) is 0.184. The van der Waals surface area contributed by atoms with Gasteiger partial charge in [0.2, 0.25) is 5.91 Å². The molecular weight excluding hydrogens is 376 g/mol. The average molecular weight is 401 g/mol. The lowest BCUT2D eigenvalue weighted by Gasteiger charge is -2.45. The number of rotatable bonds is 4. The van der Waals surface area contributed by atoms with Crippen molar-refractivity contribution in [2.75, 3.05) is 0 Å². The minimum atomic E-state index is -1.04. The van der Waals surface area contributed by atoms with Crippen molar-refractivity contribution in [2.45, 2.75) is 45.1 Å². The number of hydrogen-bond donors (Lipinski definition) is 1. The third kappa shape index (κ3) is 4.30. The van der Waals surface area contributed by atoms with E-state index in [0.29, 0.717) is 17.0 Å². The quantitative estimate of drug-likeness (QED) is 0.624. The van der Waals surface area contributed by atoms with Crippen molar-refractivity contribution in [3.05, 3.63) is 71.1 Å². The Balaban J connectivity index is 0.00000280. The first-order chi connectivity index (χ1) is 12.8. The Hall–Kier alpha value is -2.53. The monoisotopic (exact) mass is 400 g/mol. The van der Waals surface area contributed by atoms with Crippen LogP contribution in [0.15, 0.2) is 48.5 Å². The van der Waals surface area contributed by atoms with E-state index in [0.717, 1.165) is 5.56 Å². The van der Waals surface area contributed by atoms with Crippen LogP contribution >= 0.6 is 13.5 Å². The van der Waals surface area contributed by atoms with E-state index in [-0.39, 0.29) is 26.0 Å². The number of fused-ring (bicyclic) bond motifs is 1. The number of aliphatic hydroxyl groups is 1.